The van der Waals surface area contributed by atoms with Crippen LogP contribution < -0.4 is 5.32 Å². The van der Waals surface area contributed by atoms with E-state index in [9.17, 15) is 14.7 Å². The lowest BCUT2D eigenvalue weighted by atomic mass is 10.1. The second-order valence-corrected chi connectivity index (χ2v) is 5.20. The molecule has 2 amide bonds. The number of amides is 2. The van der Waals surface area contributed by atoms with Gasteiger partial charge in [0.1, 0.15) is 0 Å². The fraction of sp³-hybridized carbons (Fsp3) is 0.467. The Morgan fingerprint density at radius 2 is 1.81 bits per heavy atom. The maximum atomic E-state index is 11.9. The second-order valence-electron chi connectivity index (χ2n) is 5.20. The van der Waals surface area contributed by atoms with E-state index in [-0.39, 0.29) is 17.7 Å². The summed E-state index contributed by atoms with van der Waals surface area (Å²) < 4.78 is 0. The molecule has 1 aromatic carbocycles. The van der Waals surface area contributed by atoms with Crippen LogP contribution in [0.4, 0.5) is 4.79 Å². The summed E-state index contributed by atoms with van der Waals surface area (Å²) in [7, 11) is 0. The number of nitrogens with one attached hydrogen (secondary N) is 1. The molecule has 1 fully saturated rings. The van der Waals surface area contributed by atoms with Gasteiger partial charge in [-0.2, -0.15) is 0 Å². The summed E-state index contributed by atoms with van der Waals surface area (Å²) >= 11 is 0. The van der Waals surface area contributed by atoms with Crippen LogP contribution in [0.25, 0.3) is 0 Å². The molecule has 0 unspecified atom stereocenters. The Balaban J connectivity index is 1.73. The molecule has 0 bridgehead atoms. The molecule has 6 heteroatoms. The first kappa shape index (κ1) is 15.3. The third kappa shape index (κ3) is 4.46. The largest absolute Gasteiger partial charge is 0.478 e. The number of carbonyl (C=O) groups is 2. The van der Waals surface area contributed by atoms with Gasteiger partial charge in [0, 0.05) is 19.6 Å². The molecule has 1 heterocycles. The summed E-state index contributed by atoms with van der Waals surface area (Å²) in [6.45, 7) is 1.67. The van der Waals surface area contributed by atoms with Gasteiger partial charge in [0.2, 0.25) is 0 Å². The van der Waals surface area contributed by atoms with Crippen LogP contribution >= 0.6 is 0 Å². The number of aliphatic hydroxyl groups excluding tert-OH is 1. The Morgan fingerprint density at radius 1 is 1.19 bits per heavy atom. The van der Waals surface area contributed by atoms with E-state index in [1.54, 1.807) is 29.2 Å². The van der Waals surface area contributed by atoms with Crippen molar-refractivity contribution in [1.29, 1.82) is 0 Å². The van der Waals surface area contributed by atoms with Crippen LogP contribution in [0.2, 0.25) is 0 Å². The number of piperidine rings is 1. The molecular formula is C15H20N2O4. The average Bonchev–Trinajstić information content (AvgIpc) is 2.48. The zero-order valence-corrected chi connectivity index (χ0v) is 11.8. The van der Waals surface area contributed by atoms with Gasteiger partial charge in [-0.3, -0.25) is 0 Å². The lowest BCUT2D eigenvalue weighted by Gasteiger charge is -2.29. The first-order valence-electron chi connectivity index (χ1n) is 7.09. The quantitative estimate of drug-likeness (QED) is 0.775. The standard InChI is InChI=1S/C15H20N2O4/c18-13-6-9-17(10-7-13)15(21)16-8-5-11-1-3-12(4-2-11)14(19)20/h1-4,13,18H,5-10H2,(H,16,21)(H,19,20). The lowest BCUT2D eigenvalue weighted by molar-refractivity contribution is 0.0696. The third-order valence-electron chi connectivity index (χ3n) is 3.64. The van der Waals surface area contributed by atoms with Crippen LogP contribution in [0.15, 0.2) is 24.3 Å². The third-order valence-corrected chi connectivity index (χ3v) is 3.64. The van der Waals surface area contributed by atoms with Crippen LogP contribution in [-0.4, -0.2) is 52.9 Å². The van der Waals surface area contributed by atoms with E-state index in [2.05, 4.69) is 5.32 Å². The van der Waals surface area contributed by atoms with E-state index in [1.165, 1.54) is 0 Å². The van der Waals surface area contributed by atoms with Gasteiger partial charge in [-0.15, -0.1) is 0 Å². The molecule has 1 aliphatic rings. The molecule has 0 saturated carbocycles. The van der Waals surface area contributed by atoms with Gasteiger partial charge < -0.3 is 20.4 Å². The molecule has 2 rings (SSSR count). The first-order valence-corrected chi connectivity index (χ1v) is 7.09. The molecule has 1 aliphatic heterocycles. The number of aliphatic hydroxyl groups is 1. The first-order chi connectivity index (χ1) is 10.1. The Hall–Kier alpha value is -2.08. The summed E-state index contributed by atoms with van der Waals surface area (Å²) in [5, 5.41) is 21.0. The molecule has 6 nitrogen and oxygen atoms in total. The van der Waals surface area contributed by atoms with Crippen LogP contribution in [0.5, 0.6) is 0 Å². The van der Waals surface area contributed by atoms with Crippen LogP contribution in [0.1, 0.15) is 28.8 Å². The van der Waals surface area contributed by atoms with Crippen molar-refractivity contribution in [3.8, 4) is 0 Å². The van der Waals surface area contributed by atoms with Gasteiger partial charge in [0.05, 0.1) is 11.7 Å². The van der Waals surface area contributed by atoms with Gasteiger partial charge in [0.25, 0.3) is 0 Å². The maximum absolute atomic E-state index is 11.9. The number of urea groups is 1. The van der Waals surface area contributed by atoms with Gasteiger partial charge in [-0.05, 0) is 37.0 Å². The molecule has 3 N–H and O–H groups in total. The lowest BCUT2D eigenvalue weighted by Crippen LogP contribution is -2.45. The number of benzene rings is 1. The Kier molecular flexibility index (Phi) is 5.16. The topological polar surface area (TPSA) is 89.9 Å². The van der Waals surface area contributed by atoms with Crippen molar-refractivity contribution < 1.29 is 19.8 Å². The van der Waals surface area contributed by atoms with Crippen molar-refractivity contribution in [3.63, 3.8) is 0 Å². The molecule has 0 atom stereocenters. The molecule has 114 valence electrons. The number of aromatic carboxylic acids is 1. The Bertz CT molecular complexity index is 493. The van der Waals surface area contributed by atoms with E-state index in [0.29, 0.717) is 38.9 Å². The molecule has 0 radical (unpaired) electrons. The number of carboxylic acids is 1. The number of rotatable bonds is 4. The predicted molar refractivity (Wildman–Crippen MR) is 77.3 cm³/mol. The van der Waals surface area contributed by atoms with Crippen LogP contribution in [0, 0.1) is 0 Å². The minimum absolute atomic E-state index is 0.107. The fourth-order valence-electron chi connectivity index (χ4n) is 2.31. The van der Waals surface area contributed by atoms with Crippen molar-refractivity contribution in [3.05, 3.63) is 35.4 Å². The van der Waals surface area contributed by atoms with Gasteiger partial charge in [-0.1, -0.05) is 12.1 Å². The average molecular weight is 292 g/mol. The summed E-state index contributed by atoms with van der Waals surface area (Å²) in [5.41, 5.74) is 1.24. The molecule has 0 aromatic heterocycles. The number of hydrogen-bond acceptors (Lipinski definition) is 3. The zero-order valence-electron chi connectivity index (χ0n) is 11.8. The van der Waals surface area contributed by atoms with E-state index in [0.717, 1.165) is 5.56 Å². The molecular weight excluding hydrogens is 272 g/mol. The highest BCUT2D eigenvalue weighted by molar-refractivity contribution is 5.87. The summed E-state index contributed by atoms with van der Waals surface area (Å²) in [6.07, 6.45) is 1.62. The van der Waals surface area contributed by atoms with Crippen molar-refractivity contribution in [2.75, 3.05) is 19.6 Å². The normalized spacial score (nSPS) is 15.8. The van der Waals surface area contributed by atoms with Crippen molar-refractivity contribution in [1.82, 2.24) is 10.2 Å². The van der Waals surface area contributed by atoms with Gasteiger partial charge in [-0.25, -0.2) is 9.59 Å². The molecule has 1 aromatic rings. The Morgan fingerprint density at radius 3 is 2.38 bits per heavy atom. The summed E-state index contributed by atoms with van der Waals surface area (Å²) in [6, 6.07) is 6.53. The predicted octanol–water partition coefficient (Wildman–Crippen LogP) is 1.09. The monoisotopic (exact) mass is 292 g/mol. The molecule has 1 saturated heterocycles. The number of likely N-dealkylation sites (tertiary alicyclic amines) is 1. The summed E-state index contributed by atoms with van der Waals surface area (Å²) in [4.78, 5) is 24.3. The zero-order chi connectivity index (χ0) is 15.2. The smallest absolute Gasteiger partial charge is 0.335 e. The van der Waals surface area contributed by atoms with Crippen molar-refractivity contribution >= 4 is 12.0 Å². The van der Waals surface area contributed by atoms with E-state index in [4.69, 9.17) is 5.11 Å². The van der Waals surface area contributed by atoms with Crippen LogP contribution in [-0.2, 0) is 6.42 Å². The minimum Gasteiger partial charge on any atom is -0.478 e. The SMILES string of the molecule is O=C(O)c1ccc(CCNC(=O)N2CCC(O)CC2)cc1. The highest BCUT2D eigenvalue weighted by Crippen LogP contribution is 2.10. The van der Waals surface area contributed by atoms with Gasteiger partial charge in [0.15, 0.2) is 0 Å². The summed E-state index contributed by atoms with van der Waals surface area (Å²) in [5.74, 6) is -0.942. The second kappa shape index (κ2) is 7.08. The van der Waals surface area contributed by atoms with Crippen LogP contribution in [0.3, 0.4) is 0 Å². The maximum Gasteiger partial charge on any atom is 0.335 e. The molecule has 21 heavy (non-hydrogen) atoms. The highest BCUT2D eigenvalue weighted by atomic mass is 16.4. The van der Waals surface area contributed by atoms with E-state index in [1.807, 2.05) is 0 Å². The Labute approximate surface area is 123 Å². The minimum atomic E-state index is -0.942. The number of carbonyl (C=O) groups excluding carboxylic acids is 1. The number of hydrogen-bond donors (Lipinski definition) is 3. The van der Waals surface area contributed by atoms with Crippen molar-refractivity contribution in [2.45, 2.75) is 25.4 Å². The number of nitrogens with zero attached hydrogens (tertiary/aromatic N) is 1. The highest BCUT2D eigenvalue weighted by Gasteiger charge is 2.20. The van der Waals surface area contributed by atoms with Crippen molar-refractivity contribution in [2.24, 2.45) is 0 Å². The van der Waals surface area contributed by atoms with Gasteiger partial charge >= 0.3 is 12.0 Å². The molecule has 0 spiro atoms. The molecule has 0 aliphatic carbocycles. The van der Waals surface area contributed by atoms with E-state index >= 15 is 0 Å². The fourth-order valence-corrected chi connectivity index (χ4v) is 2.31. The number of carboxylic acid groups (broad SMARTS) is 1. The van der Waals surface area contributed by atoms with E-state index < -0.39 is 5.97 Å².